The molecule has 1 aliphatic rings. The van der Waals surface area contributed by atoms with Crippen LogP contribution in [0.15, 0.2) is 36.4 Å². The number of fused-ring (bicyclic) bond motifs is 1. The summed E-state index contributed by atoms with van der Waals surface area (Å²) in [7, 11) is 0. The van der Waals surface area contributed by atoms with Crippen molar-refractivity contribution in [2.24, 2.45) is 5.73 Å². The van der Waals surface area contributed by atoms with Gasteiger partial charge in [-0.15, -0.1) is 0 Å². The molecule has 0 radical (unpaired) electrons. The topological polar surface area (TPSA) is 29.3 Å². The van der Waals surface area contributed by atoms with Gasteiger partial charge in [-0.3, -0.25) is 0 Å². The molecular weight excluding hydrogens is 270 g/mol. The molecule has 0 spiro atoms. The van der Waals surface area contributed by atoms with Crippen molar-refractivity contribution in [3.05, 3.63) is 59.2 Å². The number of hydrogen-bond acceptors (Lipinski definition) is 2. The van der Waals surface area contributed by atoms with E-state index in [1.165, 1.54) is 18.2 Å². The second kappa shape index (κ2) is 5.45. The molecule has 0 aromatic heterocycles. The predicted molar refractivity (Wildman–Crippen MR) is 80.9 cm³/mol. The Morgan fingerprint density at radius 2 is 2.05 bits per heavy atom. The second-order valence-corrected chi connectivity index (χ2v) is 5.60. The molecule has 0 amide bonds. The van der Waals surface area contributed by atoms with Crippen LogP contribution in [0.25, 0.3) is 0 Å². The van der Waals surface area contributed by atoms with Gasteiger partial charge in [0.2, 0.25) is 0 Å². The third-order valence-corrected chi connectivity index (χ3v) is 3.83. The van der Waals surface area contributed by atoms with Crippen molar-refractivity contribution in [3.8, 4) is 0 Å². The van der Waals surface area contributed by atoms with Crippen LogP contribution < -0.4 is 10.6 Å². The Morgan fingerprint density at radius 3 is 2.81 bits per heavy atom. The second-order valence-electron chi connectivity index (χ2n) is 5.60. The Kier molecular flexibility index (Phi) is 3.64. The lowest BCUT2D eigenvalue weighted by Gasteiger charge is -2.24. The van der Waals surface area contributed by atoms with Gasteiger partial charge < -0.3 is 10.6 Å². The summed E-state index contributed by atoms with van der Waals surface area (Å²) in [6.45, 7) is 2.55. The fraction of sp³-hybridized carbons (Fsp3) is 0.294. The molecule has 0 saturated carbocycles. The number of benzene rings is 2. The molecule has 4 heteroatoms. The maximum Gasteiger partial charge on any atom is 0.147 e. The lowest BCUT2D eigenvalue weighted by atomic mass is 10.0. The standard InChI is InChI=1S/C17H18F2N2/c1-11(20)9-13-3-2-4-15(19)17(13)21-8-7-12-5-6-14(18)10-16(12)21/h2-6,10-11H,7-9,20H2,1H3. The minimum Gasteiger partial charge on any atom is -0.338 e. The summed E-state index contributed by atoms with van der Waals surface area (Å²) in [5, 5.41) is 0. The molecule has 0 saturated heterocycles. The number of nitrogens with two attached hydrogens (primary N) is 1. The zero-order valence-corrected chi connectivity index (χ0v) is 11.9. The van der Waals surface area contributed by atoms with Crippen molar-refractivity contribution in [2.45, 2.75) is 25.8 Å². The molecule has 2 aromatic carbocycles. The lowest BCUT2D eigenvalue weighted by molar-refractivity contribution is 0.619. The number of rotatable bonds is 3. The van der Waals surface area contributed by atoms with Gasteiger partial charge in [0.15, 0.2) is 0 Å². The first kappa shape index (κ1) is 14.0. The Morgan fingerprint density at radius 1 is 1.24 bits per heavy atom. The fourth-order valence-corrected chi connectivity index (χ4v) is 2.96. The monoisotopic (exact) mass is 288 g/mol. The van der Waals surface area contributed by atoms with E-state index in [2.05, 4.69) is 0 Å². The van der Waals surface area contributed by atoms with E-state index in [1.54, 1.807) is 12.1 Å². The first-order valence-electron chi connectivity index (χ1n) is 7.15. The van der Waals surface area contributed by atoms with Crippen LogP contribution >= 0.6 is 0 Å². The van der Waals surface area contributed by atoms with E-state index >= 15 is 0 Å². The predicted octanol–water partition coefficient (Wildman–Crippen LogP) is 3.55. The molecule has 1 unspecified atom stereocenters. The Balaban J connectivity index is 2.08. The van der Waals surface area contributed by atoms with Crippen LogP contribution in [0, 0.1) is 11.6 Å². The highest BCUT2D eigenvalue weighted by molar-refractivity contribution is 5.72. The number of hydrogen-bond donors (Lipinski definition) is 1. The van der Waals surface area contributed by atoms with Gasteiger partial charge in [0.05, 0.1) is 5.69 Å². The van der Waals surface area contributed by atoms with Gasteiger partial charge in [-0.1, -0.05) is 18.2 Å². The van der Waals surface area contributed by atoms with Crippen molar-refractivity contribution in [2.75, 3.05) is 11.4 Å². The summed E-state index contributed by atoms with van der Waals surface area (Å²) in [6.07, 6.45) is 1.38. The molecule has 2 nitrogen and oxygen atoms in total. The van der Waals surface area contributed by atoms with Crippen molar-refractivity contribution >= 4 is 11.4 Å². The van der Waals surface area contributed by atoms with E-state index in [0.717, 1.165) is 23.2 Å². The average Bonchev–Trinajstić information content (AvgIpc) is 2.81. The van der Waals surface area contributed by atoms with Gasteiger partial charge in [-0.2, -0.15) is 0 Å². The average molecular weight is 288 g/mol. The molecule has 1 heterocycles. The Labute approximate surface area is 123 Å². The number of para-hydroxylation sites is 1. The summed E-state index contributed by atoms with van der Waals surface area (Å²) in [5.41, 5.74) is 9.05. The molecule has 110 valence electrons. The summed E-state index contributed by atoms with van der Waals surface area (Å²) in [4.78, 5) is 1.87. The molecule has 0 aliphatic carbocycles. The minimum absolute atomic E-state index is 0.0554. The minimum atomic E-state index is -0.300. The van der Waals surface area contributed by atoms with E-state index in [0.29, 0.717) is 18.7 Å². The van der Waals surface area contributed by atoms with E-state index in [9.17, 15) is 8.78 Å². The maximum absolute atomic E-state index is 14.4. The zero-order chi connectivity index (χ0) is 15.0. The van der Waals surface area contributed by atoms with Crippen LogP contribution in [0.2, 0.25) is 0 Å². The van der Waals surface area contributed by atoms with E-state index in [-0.39, 0.29) is 17.7 Å². The quantitative estimate of drug-likeness (QED) is 0.936. The van der Waals surface area contributed by atoms with E-state index in [4.69, 9.17) is 5.73 Å². The Bertz CT molecular complexity index is 668. The van der Waals surface area contributed by atoms with Crippen molar-refractivity contribution in [1.82, 2.24) is 0 Å². The van der Waals surface area contributed by atoms with Crippen LogP contribution in [0.5, 0.6) is 0 Å². The summed E-state index contributed by atoms with van der Waals surface area (Å²) < 4.78 is 27.9. The molecule has 1 atom stereocenters. The van der Waals surface area contributed by atoms with Gasteiger partial charge in [0, 0.05) is 18.3 Å². The Hall–Kier alpha value is -1.94. The lowest BCUT2D eigenvalue weighted by Crippen LogP contribution is -2.22. The van der Waals surface area contributed by atoms with Crippen molar-refractivity contribution < 1.29 is 8.78 Å². The molecule has 0 fully saturated rings. The third kappa shape index (κ3) is 2.63. The smallest absolute Gasteiger partial charge is 0.147 e. The summed E-state index contributed by atoms with van der Waals surface area (Å²) in [5.74, 6) is -0.587. The maximum atomic E-state index is 14.4. The van der Waals surface area contributed by atoms with Gasteiger partial charge in [-0.05, 0) is 49.1 Å². The highest BCUT2D eigenvalue weighted by Gasteiger charge is 2.25. The normalized spacial score (nSPS) is 15.1. The first-order chi connectivity index (χ1) is 10.1. The van der Waals surface area contributed by atoms with Gasteiger partial charge >= 0.3 is 0 Å². The van der Waals surface area contributed by atoms with Crippen molar-refractivity contribution in [1.29, 1.82) is 0 Å². The molecular formula is C17H18F2N2. The molecule has 1 aliphatic heterocycles. The summed E-state index contributed by atoms with van der Waals surface area (Å²) in [6, 6.07) is 9.67. The van der Waals surface area contributed by atoms with Crippen molar-refractivity contribution in [3.63, 3.8) is 0 Å². The van der Waals surface area contributed by atoms with Crippen LogP contribution in [-0.2, 0) is 12.8 Å². The van der Waals surface area contributed by atoms with E-state index < -0.39 is 0 Å². The van der Waals surface area contributed by atoms with Crippen LogP contribution in [0.1, 0.15) is 18.1 Å². The zero-order valence-electron chi connectivity index (χ0n) is 11.9. The highest BCUT2D eigenvalue weighted by Crippen LogP contribution is 2.38. The number of nitrogens with zero attached hydrogens (tertiary/aromatic N) is 1. The van der Waals surface area contributed by atoms with Crippen LogP contribution in [0.3, 0.4) is 0 Å². The van der Waals surface area contributed by atoms with Gasteiger partial charge in [0.25, 0.3) is 0 Å². The highest BCUT2D eigenvalue weighted by atomic mass is 19.1. The molecule has 21 heavy (non-hydrogen) atoms. The molecule has 3 rings (SSSR count). The van der Waals surface area contributed by atoms with Crippen LogP contribution in [0.4, 0.5) is 20.2 Å². The molecule has 0 bridgehead atoms. The largest absolute Gasteiger partial charge is 0.338 e. The van der Waals surface area contributed by atoms with E-state index in [1.807, 2.05) is 17.9 Å². The molecule has 2 N–H and O–H groups in total. The molecule has 2 aromatic rings. The number of anilines is 2. The number of halogens is 2. The van der Waals surface area contributed by atoms with Crippen LogP contribution in [-0.4, -0.2) is 12.6 Å². The first-order valence-corrected chi connectivity index (χ1v) is 7.15. The fourth-order valence-electron chi connectivity index (χ4n) is 2.96. The third-order valence-electron chi connectivity index (χ3n) is 3.83. The van der Waals surface area contributed by atoms with Gasteiger partial charge in [-0.25, -0.2) is 8.78 Å². The van der Waals surface area contributed by atoms with Gasteiger partial charge in [0.1, 0.15) is 11.6 Å². The summed E-state index contributed by atoms with van der Waals surface area (Å²) >= 11 is 0. The SMILES string of the molecule is CC(N)Cc1cccc(F)c1N1CCc2ccc(F)cc21.